The van der Waals surface area contributed by atoms with Crippen LogP contribution in [0.4, 0.5) is 0 Å². The van der Waals surface area contributed by atoms with Gasteiger partial charge in [-0.15, -0.1) is 0 Å². The fourth-order valence-corrected chi connectivity index (χ4v) is 2.93. The molecule has 2 rings (SSSR count). The first-order valence-electron chi connectivity index (χ1n) is 9.79. The molecule has 1 fully saturated rings. The highest BCUT2D eigenvalue weighted by Gasteiger charge is 2.29. The van der Waals surface area contributed by atoms with E-state index in [1.165, 1.54) is 0 Å². The number of nitrogens with one attached hydrogen (secondary N) is 2. The molecule has 1 aliphatic rings. The highest BCUT2D eigenvalue weighted by molar-refractivity contribution is 5.89. The highest BCUT2D eigenvalue weighted by atomic mass is 16.2. The van der Waals surface area contributed by atoms with Crippen molar-refractivity contribution in [3.8, 4) is 0 Å². The number of hydrogen-bond donors (Lipinski definition) is 2. The molecule has 1 unspecified atom stereocenters. The van der Waals surface area contributed by atoms with E-state index in [2.05, 4.69) is 10.6 Å². The third-order valence-electron chi connectivity index (χ3n) is 4.78. The summed E-state index contributed by atoms with van der Waals surface area (Å²) in [6.07, 6.45) is 0. The van der Waals surface area contributed by atoms with Crippen LogP contribution in [0.2, 0.25) is 0 Å². The van der Waals surface area contributed by atoms with Gasteiger partial charge in [-0.25, -0.2) is 0 Å². The summed E-state index contributed by atoms with van der Waals surface area (Å²) in [4.78, 5) is 40.6. The zero-order chi connectivity index (χ0) is 20.7. The van der Waals surface area contributed by atoms with E-state index in [1.54, 1.807) is 11.8 Å². The molecule has 1 aliphatic heterocycles. The molecule has 1 heterocycles. The van der Waals surface area contributed by atoms with E-state index in [0.29, 0.717) is 39.3 Å². The van der Waals surface area contributed by atoms with Gasteiger partial charge in [0.15, 0.2) is 0 Å². The number of amides is 3. The normalized spacial score (nSPS) is 16.4. The van der Waals surface area contributed by atoms with Crippen LogP contribution >= 0.6 is 0 Å². The van der Waals surface area contributed by atoms with E-state index in [9.17, 15) is 14.4 Å². The Balaban J connectivity index is 1.72. The Morgan fingerprint density at radius 3 is 2.21 bits per heavy atom. The van der Waals surface area contributed by atoms with Gasteiger partial charge in [-0.3, -0.25) is 19.3 Å². The fourth-order valence-electron chi connectivity index (χ4n) is 2.93. The fraction of sp³-hybridized carbons (Fsp3) is 0.571. The molecule has 28 heavy (non-hydrogen) atoms. The smallest absolute Gasteiger partial charge is 0.244 e. The summed E-state index contributed by atoms with van der Waals surface area (Å²) in [6.45, 7) is 10.4. The van der Waals surface area contributed by atoms with Crippen LogP contribution in [0.1, 0.15) is 33.3 Å². The van der Waals surface area contributed by atoms with Crippen LogP contribution in [-0.2, 0) is 20.9 Å². The second kappa shape index (κ2) is 9.68. The maximum atomic E-state index is 12.6. The molecule has 0 spiro atoms. The first-order chi connectivity index (χ1) is 13.2. The maximum absolute atomic E-state index is 12.6. The molecule has 0 aromatic heterocycles. The van der Waals surface area contributed by atoms with Crippen LogP contribution in [-0.4, -0.2) is 66.3 Å². The van der Waals surface area contributed by atoms with E-state index >= 15 is 0 Å². The molecule has 0 aliphatic carbocycles. The number of benzene rings is 1. The van der Waals surface area contributed by atoms with Gasteiger partial charge >= 0.3 is 0 Å². The van der Waals surface area contributed by atoms with Gasteiger partial charge < -0.3 is 15.5 Å². The van der Waals surface area contributed by atoms with Gasteiger partial charge in [-0.2, -0.15) is 0 Å². The minimum absolute atomic E-state index is 0.0190. The predicted octanol–water partition coefficient (Wildman–Crippen LogP) is 0.998. The van der Waals surface area contributed by atoms with E-state index in [4.69, 9.17) is 0 Å². The monoisotopic (exact) mass is 388 g/mol. The van der Waals surface area contributed by atoms with Crippen molar-refractivity contribution >= 4 is 17.7 Å². The summed E-state index contributed by atoms with van der Waals surface area (Å²) >= 11 is 0. The van der Waals surface area contributed by atoms with Crippen LogP contribution in [0.25, 0.3) is 0 Å². The molecule has 0 bridgehead atoms. The van der Waals surface area contributed by atoms with E-state index < -0.39 is 11.5 Å². The molecular formula is C21H32N4O3. The number of piperazine rings is 1. The summed E-state index contributed by atoms with van der Waals surface area (Å²) in [5, 5.41) is 5.71. The van der Waals surface area contributed by atoms with Crippen LogP contribution in [0.5, 0.6) is 0 Å². The lowest BCUT2D eigenvalue weighted by atomic mass is 9.95. The van der Waals surface area contributed by atoms with E-state index in [1.807, 2.05) is 56.0 Å². The standard InChI is InChI=1S/C21H32N4O3/c1-16(23-20(28)21(2,3)4)19(27)25-12-10-24(11-13-25)15-18(26)22-14-17-8-6-5-7-9-17/h5-9,16H,10-15H2,1-4H3,(H,22,26)(H,23,28). The van der Waals surface area contributed by atoms with Crippen molar-refractivity contribution in [3.05, 3.63) is 35.9 Å². The molecule has 1 aromatic rings. The molecule has 2 N–H and O–H groups in total. The van der Waals surface area contributed by atoms with E-state index in [0.717, 1.165) is 5.56 Å². The third-order valence-corrected chi connectivity index (χ3v) is 4.78. The number of carbonyl (C=O) groups is 3. The molecule has 154 valence electrons. The Labute approximate surface area is 167 Å². The van der Waals surface area contributed by atoms with Gasteiger partial charge in [0.1, 0.15) is 6.04 Å². The van der Waals surface area contributed by atoms with Gasteiger partial charge in [0.25, 0.3) is 0 Å². The number of carbonyl (C=O) groups excluding carboxylic acids is 3. The second-order valence-electron chi connectivity index (χ2n) is 8.31. The Hall–Kier alpha value is -2.41. The van der Waals surface area contributed by atoms with Crippen LogP contribution in [0.15, 0.2) is 30.3 Å². The lowest BCUT2D eigenvalue weighted by Crippen LogP contribution is -2.56. The summed E-state index contributed by atoms with van der Waals surface area (Å²) < 4.78 is 0. The second-order valence-corrected chi connectivity index (χ2v) is 8.31. The van der Waals surface area contributed by atoms with Crippen molar-refractivity contribution in [3.63, 3.8) is 0 Å². The van der Waals surface area contributed by atoms with Crippen molar-refractivity contribution in [1.29, 1.82) is 0 Å². The minimum Gasteiger partial charge on any atom is -0.351 e. The van der Waals surface area contributed by atoms with Gasteiger partial charge in [-0.1, -0.05) is 51.1 Å². The van der Waals surface area contributed by atoms with Gasteiger partial charge in [0.2, 0.25) is 17.7 Å². The van der Waals surface area contributed by atoms with Crippen LogP contribution in [0, 0.1) is 5.41 Å². The largest absolute Gasteiger partial charge is 0.351 e. The molecule has 1 atom stereocenters. The lowest BCUT2D eigenvalue weighted by molar-refractivity contribution is -0.139. The third kappa shape index (κ3) is 6.64. The Bertz CT molecular complexity index is 677. The zero-order valence-electron chi connectivity index (χ0n) is 17.3. The Morgan fingerprint density at radius 2 is 1.64 bits per heavy atom. The average molecular weight is 389 g/mol. The lowest BCUT2D eigenvalue weighted by Gasteiger charge is -2.36. The molecule has 7 heteroatoms. The number of rotatable bonds is 6. The number of nitrogens with zero attached hydrogens (tertiary/aromatic N) is 2. The molecule has 1 aromatic carbocycles. The quantitative estimate of drug-likeness (QED) is 0.762. The predicted molar refractivity (Wildman–Crippen MR) is 108 cm³/mol. The summed E-state index contributed by atoms with van der Waals surface area (Å²) in [5.41, 5.74) is 0.540. The molecule has 1 saturated heterocycles. The molecular weight excluding hydrogens is 356 g/mol. The zero-order valence-corrected chi connectivity index (χ0v) is 17.3. The first-order valence-corrected chi connectivity index (χ1v) is 9.79. The highest BCUT2D eigenvalue weighted by Crippen LogP contribution is 2.13. The Morgan fingerprint density at radius 1 is 1.04 bits per heavy atom. The minimum atomic E-state index is -0.549. The first kappa shape index (κ1) is 21.9. The molecule has 0 radical (unpaired) electrons. The van der Waals surface area contributed by atoms with Crippen molar-refractivity contribution in [2.75, 3.05) is 32.7 Å². The maximum Gasteiger partial charge on any atom is 0.244 e. The van der Waals surface area contributed by atoms with E-state index in [-0.39, 0.29) is 17.7 Å². The van der Waals surface area contributed by atoms with Crippen molar-refractivity contribution < 1.29 is 14.4 Å². The van der Waals surface area contributed by atoms with Crippen LogP contribution < -0.4 is 10.6 Å². The van der Waals surface area contributed by atoms with Gasteiger partial charge in [0.05, 0.1) is 6.54 Å². The topological polar surface area (TPSA) is 81.8 Å². The summed E-state index contributed by atoms with van der Waals surface area (Å²) in [7, 11) is 0. The molecule has 7 nitrogen and oxygen atoms in total. The van der Waals surface area contributed by atoms with Crippen molar-refractivity contribution in [1.82, 2.24) is 20.4 Å². The molecule has 0 saturated carbocycles. The summed E-state index contributed by atoms with van der Waals surface area (Å²) in [6, 6.07) is 9.24. The van der Waals surface area contributed by atoms with Crippen LogP contribution in [0.3, 0.4) is 0 Å². The van der Waals surface area contributed by atoms with Crippen molar-refractivity contribution in [2.45, 2.75) is 40.3 Å². The van der Waals surface area contributed by atoms with Gasteiger partial charge in [-0.05, 0) is 12.5 Å². The number of hydrogen-bond acceptors (Lipinski definition) is 4. The average Bonchev–Trinajstić information content (AvgIpc) is 2.66. The Kier molecular flexibility index (Phi) is 7.57. The summed E-state index contributed by atoms with van der Waals surface area (Å²) in [5.74, 6) is -0.234. The molecule has 3 amide bonds. The van der Waals surface area contributed by atoms with Gasteiger partial charge in [0, 0.05) is 38.1 Å². The van der Waals surface area contributed by atoms with Crippen molar-refractivity contribution in [2.24, 2.45) is 5.41 Å². The SMILES string of the molecule is CC(NC(=O)C(C)(C)C)C(=O)N1CCN(CC(=O)NCc2ccccc2)CC1.